The Bertz CT molecular complexity index is 704. The molecule has 120 valence electrons. The van der Waals surface area contributed by atoms with E-state index in [-0.39, 0.29) is 30.2 Å². The summed E-state index contributed by atoms with van der Waals surface area (Å²) in [6, 6.07) is 13.9. The Morgan fingerprint density at radius 1 is 1.17 bits per heavy atom. The smallest absolute Gasteiger partial charge is 0.258 e. The maximum atomic E-state index is 13.4. The molecule has 1 amide bonds. The van der Waals surface area contributed by atoms with E-state index in [1.54, 1.807) is 19.2 Å². The van der Waals surface area contributed by atoms with E-state index in [9.17, 15) is 9.18 Å². The topological polar surface area (TPSA) is 47.6 Å². The Morgan fingerprint density at radius 3 is 2.61 bits per heavy atom. The molecular formula is C18H18FNO3. The van der Waals surface area contributed by atoms with Crippen LogP contribution in [0.4, 0.5) is 4.39 Å². The molecular weight excluding hydrogens is 297 g/mol. The second kappa shape index (κ2) is 6.69. The van der Waals surface area contributed by atoms with E-state index in [2.05, 4.69) is 5.32 Å². The minimum atomic E-state index is -0.473. The molecule has 2 aromatic rings. The highest BCUT2D eigenvalue weighted by molar-refractivity contribution is 5.78. The van der Waals surface area contributed by atoms with Gasteiger partial charge in [0.15, 0.2) is 18.2 Å². The van der Waals surface area contributed by atoms with Crippen molar-refractivity contribution in [2.24, 2.45) is 0 Å². The van der Waals surface area contributed by atoms with Gasteiger partial charge in [-0.05, 0) is 30.2 Å². The molecule has 0 spiro atoms. The third-order valence-corrected chi connectivity index (χ3v) is 3.87. The lowest BCUT2D eigenvalue weighted by Crippen LogP contribution is -2.31. The van der Waals surface area contributed by atoms with Gasteiger partial charge in [-0.15, -0.1) is 0 Å². The van der Waals surface area contributed by atoms with Crippen LogP contribution in [0.25, 0.3) is 0 Å². The first-order valence-electron chi connectivity index (χ1n) is 7.48. The molecule has 0 radical (unpaired) electrons. The third-order valence-electron chi connectivity index (χ3n) is 3.87. The number of para-hydroxylation sites is 2. The summed E-state index contributed by atoms with van der Waals surface area (Å²) < 4.78 is 24.0. The van der Waals surface area contributed by atoms with Gasteiger partial charge in [-0.1, -0.05) is 30.3 Å². The minimum Gasteiger partial charge on any atom is -0.496 e. The number of methoxy groups -OCH3 is 1. The second-order valence-electron chi connectivity index (χ2n) is 5.48. The number of hydrogen-bond acceptors (Lipinski definition) is 3. The summed E-state index contributed by atoms with van der Waals surface area (Å²) in [5.74, 6) is 0.439. The molecule has 1 aliphatic carbocycles. The molecule has 0 heterocycles. The number of hydrogen-bond donors (Lipinski definition) is 1. The van der Waals surface area contributed by atoms with Gasteiger partial charge >= 0.3 is 0 Å². The molecule has 23 heavy (non-hydrogen) atoms. The van der Waals surface area contributed by atoms with Crippen molar-refractivity contribution >= 4 is 5.91 Å². The maximum absolute atomic E-state index is 13.4. The van der Waals surface area contributed by atoms with Gasteiger partial charge < -0.3 is 14.8 Å². The zero-order valence-electron chi connectivity index (χ0n) is 12.8. The second-order valence-corrected chi connectivity index (χ2v) is 5.48. The summed E-state index contributed by atoms with van der Waals surface area (Å²) in [6.45, 7) is -0.198. The Hall–Kier alpha value is -2.56. The summed E-state index contributed by atoms with van der Waals surface area (Å²) in [4.78, 5) is 11.9. The molecule has 1 fully saturated rings. The van der Waals surface area contributed by atoms with Crippen LogP contribution in [0.5, 0.6) is 11.5 Å². The Morgan fingerprint density at radius 2 is 1.87 bits per heavy atom. The molecule has 0 saturated heterocycles. The van der Waals surface area contributed by atoms with Gasteiger partial charge in [0, 0.05) is 12.0 Å². The third kappa shape index (κ3) is 3.62. The zero-order valence-corrected chi connectivity index (χ0v) is 12.8. The van der Waals surface area contributed by atoms with E-state index in [1.807, 2.05) is 24.3 Å². The molecule has 1 saturated carbocycles. The van der Waals surface area contributed by atoms with Crippen LogP contribution in [-0.4, -0.2) is 25.7 Å². The fraction of sp³-hybridized carbons (Fsp3) is 0.278. The highest BCUT2D eigenvalue weighted by atomic mass is 19.1. The largest absolute Gasteiger partial charge is 0.496 e. The van der Waals surface area contributed by atoms with Crippen LogP contribution >= 0.6 is 0 Å². The summed E-state index contributed by atoms with van der Waals surface area (Å²) in [5.41, 5.74) is 1.09. The van der Waals surface area contributed by atoms with Crippen LogP contribution in [0, 0.1) is 5.82 Å². The van der Waals surface area contributed by atoms with Crippen molar-refractivity contribution in [1.29, 1.82) is 0 Å². The van der Waals surface area contributed by atoms with Crippen molar-refractivity contribution in [1.82, 2.24) is 5.32 Å². The minimum absolute atomic E-state index is 0.0722. The maximum Gasteiger partial charge on any atom is 0.258 e. The number of benzene rings is 2. The van der Waals surface area contributed by atoms with Gasteiger partial charge in [-0.3, -0.25) is 4.79 Å². The number of nitrogens with one attached hydrogen (secondary N) is 1. The molecule has 2 atom stereocenters. The van der Waals surface area contributed by atoms with Gasteiger partial charge in [-0.25, -0.2) is 4.39 Å². The lowest BCUT2D eigenvalue weighted by Gasteiger charge is -2.09. The Kier molecular flexibility index (Phi) is 4.46. The standard InChI is InChI=1S/C18H18FNO3/c1-22-16-8-4-2-6-12(16)13-10-15(13)20-18(21)11-23-17-9-5-3-7-14(17)19/h2-9,13,15H,10-11H2,1H3,(H,20,21)/t13-,15+/m1/s1. The predicted octanol–water partition coefficient (Wildman–Crippen LogP) is 2.89. The van der Waals surface area contributed by atoms with Crippen LogP contribution in [0.3, 0.4) is 0 Å². The molecule has 0 aromatic heterocycles. The van der Waals surface area contributed by atoms with E-state index < -0.39 is 5.82 Å². The molecule has 0 aliphatic heterocycles. The van der Waals surface area contributed by atoms with Crippen molar-refractivity contribution in [3.05, 3.63) is 59.9 Å². The molecule has 0 unspecified atom stereocenters. The summed E-state index contributed by atoms with van der Waals surface area (Å²) >= 11 is 0. The molecule has 2 aromatic carbocycles. The average molecular weight is 315 g/mol. The van der Waals surface area contributed by atoms with E-state index in [4.69, 9.17) is 9.47 Å². The quantitative estimate of drug-likeness (QED) is 0.891. The van der Waals surface area contributed by atoms with E-state index in [0.29, 0.717) is 0 Å². The van der Waals surface area contributed by atoms with E-state index in [1.165, 1.54) is 12.1 Å². The van der Waals surface area contributed by atoms with Crippen molar-refractivity contribution in [3.63, 3.8) is 0 Å². The van der Waals surface area contributed by atoms with Crippen LogP contribution in [-0.2, 0) is 4.79 Å². The molecule has 1 N–H and O–H groups in total. The Balaban J connectivity index is 1.51. The summed E-state index contributed by atoms with van der Waals surface area (Å²) in [7, 11) is 1.64. The monoisotopic (exact) mass is 315 g/mol. The van der Waals surface area contributed by atoms with Crippen molar-refractivity contribution in [3.8, 4) is 11.5 Å². The van der Waals surface area contributed by atoms with E-state index >= 15 is 0 Å². The predicted molar refractivity (Wildman–Crippen MR) is 84.2 cm³/mol. The SMILES string of the molecule is COc1ccccc1[C@H]1C[C@@H]1NC(=O)COc1ccccc1F. The summed E-state index contributed by atoms with van der Waals surface area (Å²) in [5, 5.41) is 2.90. The highest BCUT2D eigenvalue weighted by Gasteiger charge is 2.41. The first-order chi connectivity index (χ1) is 11.2. The molecule has 3 rings (SSSR count). The van der Waals surface area contributed by atoms with Crippen molar-refractivity contribution < 1.29 is 18.7 Å². The van der Waals surface area contributed by atoms with Gasteiger partial charge in [0.1, 0.15) is 5.75 Å². The lowest BCUT2D eigenvalue weighted by atomic mass is 10.1. The van der Waals surface area contributed by atoms with Crippen molar-refractivity contribution in [2.45, 2.75) is 18.4 Å². The number of amides is 1. The van der Waals surface area contributed by atoms with Gasteiger partial charge in [0.05, 0.1) is 7.11 Å². The number of carbonyl (C=O) groups excluding carboxylic acids is 1. The fourth-order valence-electron chi connectivity index (χ4n) is 2.62. The zero-order chi connectivity index (χ0) is 16.2. The molecule has 5 heteroatoms. The molecule has 4 nitrogen and oxygen atoms in total. The van der Waals surface area contributed by atoms with Gasteiger partial charge in [-0.2, -0.15) is 0 Å². The molecule has 1 aliphatic rings. The van der Waals surface area contributed by atoms with Crippen LogP contribution < -0.4 is 14.8 Å². The van der Waals surface area contributed by atoms with E-state index in [0.717, 1.165) is 17.7 Å². The lowest BCUT2D eigenvalue weighted by molar-refractivity contribution is -0.123. The number of ether oxygens (including phenoxy) is 2. The summed E-state index contributed by atoms with van der Waals surface area (Å²) in [6.07, 6.45) is 0.867. The first kappa shape index (κ1) is 15.3. The van der Waals surface area contributed by atoms with Crippen LogP contribution in [0.2, 0.25) is 0 Å². The van der Waals surface area contributed by atoms with Crippen LogP contribution in [0.1, 0.15) is 17.9 Å². The van der Waals surface area contributed by atoms with Crippen LogP contribution in [0.15, 0.2) is 48.5 Å². The average Bonchev–Trinajstić information content (AvgIpc) is 3.33. The van der Waals surface area contributed by atoms with Gasteiger partial charge in [0.2, 0.25) is 0 Å². The first-order valence-corrected chi connectivity index (χ1v) is 7.48. The normalized spacial score (nSPS) is 19.0. The number of rotatable bonds is 6. The fourth-order valence-corrected chi connectivity index (χ4v) is 2.62. The van der Waals surface area contributed by atoms with Crippen molar-refractivity contribution in [2.75, 3.05) is 13.7 Å². The van der Waals surface area contributed by atoms with Gasteiger partial charge in [0.25, 0.3) is 5.91 Å². The Labute approximate surface area is 134 Å². The highest BCUT2D eigenvalue weighted by Crippen LogP contribution is 2.44. The number of halogens is 1. The number of carbonyl (C=O) groups is 1. The molecule has 0 bridgehead atoms.